The second kappa shape index (κ2) is 6.53. The van der Waals surface area contributed by atoms with Gasteiger partial charge in [0, 0.05) is 37.7 Å². The van der Waals surface area contributed by atoms with E-state index in [2.05, 4.69) is 5.10 Å². The molecule has 0 bridgehead atoms. The van der Waals surface area contributed by atoms with Crippen LogP contribution in [0.2, 0.25) is 0 Å². The molecular formula is C18H27N3O4. The molecule has 0 radical (unpaired) electrons. The third kappa shape index (κ3) is 2.89. The zero-order valence-electron chi connectivity index (χ0n) is 15.4. The van der Waals surface area contributed by atoms with Crippen molar-refractivity contribution in [3.05, 3.63) is 17.0 Å². The van der Waals surface area contributed by atoms with Gasteiger partial charge < -0.3 is 14.7 Å². The molecule has 138 valence electrons. The van der Waals surface area contributed by atoms with Gasteiger partial charge in [-0.1, -0.05) is 0 Å². The number of nitrogens with zero attached hydrogens (tertiary/aromatic N) is 3. The van der Waals surface area contributed by atoms with Gasteiger partial charge in [-0.05, 0) is 33.6 Å². The van der Waals surface area contributed by atoms with E-state index in [1.807, 2.05) is 11.8 Å². The van der Waals surface area contributed by atoms with Crippen molar-refractivity contribution in [3.63, 3.8) is 0 Å². The zero-order chi connectivity index (χ0) is 18.4. The Balaban J connectivity index is 1.64. The van der Waals surface area contributed by atoms with Crippen LogP contribution in [0.25, 0.3) is 0 Å². The molecule has 1 spiro atoms. The summed E-state index contributed by atoms with van der Waals surface area (Å²) in [5.41, 5.74) is 1.81. The number of carbonyl (C=O) groups excluding carboxylic acids is 2. The van der Waals surface area contributed by atoms with Gasteiger partial charge in [-0.15, -0.1) is 0 Å². The Morgan fingerprint density at radius 2 is 1.96 bits per heavy atom. The Labute approximate surface area is 147 Å². The second-order valence-corrected chi connectivity index (χ2v) is 7.35. The lowest BCUT2D eigenvalue weighted by Crippen LogP contribution is -2.62. The number of hydrogen-bond donors (Lipinski definition) is 1. The number of rotatable bonds is 4. The van der Waals surface area contributed by atoms with Crippen LogP contribution in [0.1, 0.15) is 47.9 Å². The maximum Gasteiger partial charge on any atom is 0.244 e. The van der Waals surface area contributed by atoms with E-state index >= 15 is 0 Å². The third-order valence-electron chi connectivity index (χ3n) is 6.09. The Morgan fingerprint density at radius 3 is 2.44 bits per heavy atom. The van der Waals surface area contributed by atoms with E-state index in [-0.39, 0.29) is 35.9 Å². The summed E-state index contributed by atoms with van der Waals surface area (Å²) in [6.45, 7) is 6.51. The lowest BCUT2D eigenvalue weighted by atomic mass is 9.58. The molecule has 1 amide bonds. The summed E-state index contributed by atoms with van der Waals surface area (Å²) in [5, 5.41) is 14.5. The third-order valence-corrected chi connectivity index (χ3v) is 6.09. The molecular weight excluding hydrogens is 322 g/mol. The highest BCUT2D eigenvalue weighted by Gasteiger charge is 2.56. The van der Waals surface area contributed by atoms with E-state index < -0.39 is 0 Å². The van der Waals surface area contributed by atoms with Crippen LogP contribution in [0.15, 0.2) is 0 Å². The minimum absolute atomic E-state index is 0.00154. The summed E-state index contributed by atoms with van der Waals surface area (Å²) in [7, 11) is 1.69. The first-order valence-corrected chi connectivity index (χ1v) is 8.83. The van der Waals surface area contributed by atoms with Gasteiger partial charge in [-0.25, -0.2) is 0 Å². The summed E-state index contributed by atoms with van der Waals surface area (Å²) in [6.07, 6.45) is 1.96. The second-order valence-electron chi connectivity index (χ2n) is 7.35. The van der Waals surface area contributed by atoms with Crippen LogP contribution in [0, 0.1) is 19.3 Å². The number of Topliss-reactive ketones (excluding diaryl/α,β-unsaturated/α-hetero) is 1. The predicted molar refractivity (Wildman–Crippen MR) is 91.4 cm³/mol. The zero-order valence-corrected chi connectivity index (χ0v) is 15.4. The van der Waals surface area contributed by atoms with Crippen LogP contribution in [0.4, 0.5) is 0 Å². The molecule has 0 unspecified atom stereocenters. The Kier molecular flexibility index (Phi) is 4.72. The number of ether oxygens (including phenoxy) is 1. The summed E-state index contributed by atoms with van der Waals surface area (Å²) < 4.78 is 7.11. The minimum atomic E-state index is -0.330. The van der Waals surface area contributed by atoms with E-state index in [4.69, 9.17) is 4.74 Å². The molecule has 2 atom stereocenters. The van der Waals surface area contributed by atoms with Gasteiger partial charge in [0.25, 0.3) is 0 Å². The van der Waals surface area contributed by atoms with Crippen molar-refractivity contribution in [2.75, 3.05) is 20.2 Å². The summed E-state index contributed by atoms with van der Waals surface area (Å²) in [5.74, 6) is -0.0310. The highest BCUT2D eigenvalue weighted by molar-refractivity contribution is 5.96. The Hall–Kier alpha value is -1.73. The Morgan fingerprint density at radius 1 is 1.32 bits per heavy atom. The number of carbonyl (C=O) groups is 2. The molecule has 7 nitrogen and oxygen atoms in total. The average molecular weight is 349 g/mol. The first kappa shape index (κ1) is 18.1. The summed E-state index contributed by atoms with van der Waals surface area (Å²) >= 11 is 0. The molecule has 2 fully saturated rings. The molecule has 1 saturated carbocycles. The van der Waals surface area contributed by atoms with Crippen LogP contribution in [0.3, 0.4) is 0 Å². The van der Waals surface area contributed by atoms with E-state index in [9.17, 15) is 14.7 Å². The molecule has 1 aliphatic heterocycles. The first-order valence-electron chi connectivity index (χ1n) is 8.83. The number of amides is 1. The van der Waals surface area contributed by atoms with Gasteiger partial charge in [-0.3, -0.25) is 14.3 Å². The fourth-order valence-corrected chi connectivity index (χ4v) is 4.47. The SMILES string of the molecule is CO[C@H]1C[C@@H](O)C12CCN(C(=O)Cn1nc(C)c(C(C)=O)c1C)CC2. The number of likely N-dealkylation sites (tertiary alicyclic amines) is 1. The first-order chi connectivity index (χ1) is 11.8. The number of ketones is 1. The van der Waals surface area contributed by atoms with E-state index in [0.29, 0.717) is 30.8 Å². The highest BCUT2D eigenvalue weighted by Crippen LogP contribution is 2.50. The van der Waals surface area contributed by atoms with Crippen molar-refractivity contribution in [2.24, 2.45) is 5.41 Å². The minimum Gasteiger partial charge on any atom is -0.392 e. The van der Waals surface area contributed by atoms with Crippen LogP contribution in [0.5, 0.6) is 0 Å². The number of piperidine rings is 1. The molecule has 1 aromatic heterocycles. The highest BCUT2D eigenvalue weighted by atomic mass is 16.5. The largest absolute Gasteiger partial charge is 0.392 e. The standard InChI is InChI=1S/C18H27N3O4/c1-11-17(13(3)22)12(2)21(19-11)10-16(24)20-7-5-18(6-8-20)14(23)9-15(18)25-4/h14-15,23H,5-10H2,1-4H3/t14-,15+/m1/s1. The molecule has 1 N–H and O–H groups in total. The van der Waals surface area contributed by atoms with Crippen molar-refractivity contribution in [3.8, 4) is 0 Å². The smallest absolute Gasteiger partial charge is 0.244 e. The molecule has 2 aliphatic rings. The molecule has 1 aromatic rings. The molecule has 7 heteroatoms. The van der Waals surface area contributed by atoms with Crippen molar-refractivity contribution in [1.29, 1.82) is 0 Å². The number of aryl methyl sites for hydroxylation is 1. The maximum atomic E-state index is 12.6. The van der Waals surface area contributed by atoms with Crippen LogP contribution >= 0.6 is 0 Å². The van der Waals surface area contributed by atoms with Gasteiger partial charge in [0.1, 0.15) is 6.54 Å². The summed E-state index contributed by atoms with van der Waals surface area (Å²) in [6, 6.07) is 0. The molecule has 1 aliphatic carbocycles. The Bertz CT molecular complexity index is 689. The van der Waals surface area contributed by atoms with E-state index in [1.54, 1.807) is 18.7 Å². The van der Waals surface area contributed by atoms with Crippen molar-refractivity contribution < 1.29 is 19.4 Å². The van der Waals surface area contributed by atoms with Gasteiger partial charge in [0.05, 0.1) is 23.5 Å². The average Bonchev–Trinajstić information content (AvgIpc) is 2.86. The quantitative estimate of drug-likeness (QED) is 0.823. The van der Waals surface area contributed by atoms with Crippen molar-refractivity contribution in [2.45, 2.75) is 58.8 Å². The maximum absolute atomic E-state index is 12.6. The molecule has 3 rings (SSSR count). The molecule has 2 heterocycles. The lowest BCUT2D eigenvalue weighted by molar-refractivity contribution is -0.202. The lowest BCUT2D eigenvalue weighted by Gasteiger charge is -2.56. The van der Waals surface area contributed by atoms with E-state index in [0.717, 1.165) is 18.5 Å². The van der Waals surface area contributed by atoms with E-state index in [1.165, 1.54) is 6.92 Å². The molecule has 0 aromatic carbocycles. The van der Waals surface area contributed by atoms with Gasteiger partial charge in [0.2, 0.25) is 5.91 Å². The number of hydrogen-bond acceptors (Lipinski definition) is 5. The number of aromatic nitrogens is 2. The van der Waals surface area contributed by atoms with Gasteiger partial charge >= 0.3 is 0 Å². The monoisotopic (exact) mass is 349 g/mol. The van der Waals surface area contributed by atoms with Crippen LogP contribution < -0.4 is 0 Å². The normalized spacial score (nSPS) is 25.1. The van der Waals surface area contributed by atoms with Crippen LogP contribution in [-0.2, 0) is 16.1 Å². The fraction of sp³-hybridized carbons (Fsp3) is 0.722. The fourth-order valence-electron chi connectivity index (χ4n) is 4.47. The molecule has 1 saturated heterocycles. The number of methoxy groups -OCH3 is 1. The predicted octanol–water partition coefficient (Wildman–Crippen LogP) is 1.09. The number of aliphatic hydroxyl groups is 1. The van der Waals surface area contributed by atoms with Crippen molar-refractivity contribution >= 4 is 11.7 Å². The topological polar surface area (TPSA) is 84.7 Å². The number of aliphatic hydroxyl groups excluding tert-OH is 1. The van der Waals surface area contributed by atoms with Gasteiger partial charge in [0.15, 0.2) is 5.78 Å². The van der Waals surface area contributed by atoms with Crippen LogP contribution in [-0.4, -0.2) is 63.9 Å². The van der Waals surface area contributed by atoms with Crippen molar-refractivity contribution in [1.82, 2.24) is 14.7 Å². The molecule has 25 heavy (non-hydrogen) atoms. The van der Waals surface area contributed by atoms with Gasteiger partial charge in [-0.2, -0.15) is 5.10 Å². The summed E-state index contributed by atoms with van der Waals surface area (Å²) in [4.78, 5) is 26.2.